The van der Waals surface area contributed by atoms with E-state index in [1.807, 2.05) is 0 Å². The lowest BCUT2D eigenvalue weighted by Crippen LogP contribution is -2.58. The zero-order valence-corrected chi connectivity index (χ0v) is 15.8. The number of ether oxygens (including phenoxy) is 1. The van der Waals surface area contributed by atoms with Gasteiger partial charge in [0.1, 0.15) is 6.29 Å². The van der Waals surface area contributed by atoms with Gasteiger partial charge in [0.25, 0.3) is 0 Å². The molecule has 0 radical (unpaired) electrons. The number of carbonyl (C=O) groups excluding carboxylic acids is 1. The summed E-state index contributed by atoms with van der Waals surface area (Å²) >= 11 is 0. The number of alkyl halides is 11. The van der Waals surface area contributed by atoms with Crippen LogP contribution in [-0.2, 0) is 10.7 Å². The van der Waals surface area contributed by atoms with Gasteiger partial charge in [0, 0.05) is 11.1 Å². The molecule has 0 aliphatic carbocycles. The fourth-order valence-corrected chi connectivity index (χ4v) is 2.30. The first-order valence-electron chi connectivity index (χ1n) is 8.56. The van der Waals surface area contributed by atoms with Crippen molar-refractivity contribution in [1.29, 1.82) is 0 Å². The molecule has 0 fully saturated rings. The van der Waals surface area contributed by atoms with Crippen LogP contribution in [0.5, 0.6) is 0 Å². The predicted octanol–water partition coefficient (Wildman–Crippen LogP) is 7.16. The molecular weight excluding hydrogens is 481 g/mol. The molecular formula is C20H11F11O2. The van der Waals surface area contributed by atoms with Gasteiger partial charge in [-0.25, -0.2) is 4.74 Å². The van der Waals surface area contributed by atoms with Gasteiger partial charge in [-0.05, 0) is 11.1 Å². The van der Waals surface area contributed by atoms with Gasteiger partial charge in [0.2, 0.25) is 0 Å². The molecule has 0 aliphatic rings. The molecule has 2 aromatic carbocycles. The van der Waals surface area contributed by atoms with Crippen LogP contribution in [0.15, 0.2) is 48.5 Å². The van der Waals surface area contributed by atoms with E-state index in [-0.39, 0.29) is 5.56 Å². The Morgan fingerprint density at radius 1 is 0.576 bits per heavy atom. The lowest BCUT2D eigenvalue weighted by molar-refractivity contribution is -0.498. The van der Waals surface area contributed by atoms with Crippen LogP contribution >= 0.6 is 0 Å². The SMILES string of the molecule is O=Cc1ccc(/C=C/c2ccc(C(F)(F)C(F)(F)OC(F)(F)C(F)(F)C(F)(F)F)cc2)cc1. The summed E-state index contributed by atoms with van der Waals surface area (Å²) < 4.78 is 145. The van der Waals surface area contributed by atoms with E-state index in [4.69, 9.17) is 0 Å². The second-order valence-electron chi connectivity index (χ2n) is 6.52. The highest BCUT2D eigenvalue weighted by molar-refractivity contribution is 5.76. The molecule has 33 heavy (non-hydrogen) atoms. The van der Waals surface area contributed by atoms with Crippen LogP contribution in [0.25, 0.3) is 12.2 Å². The molecule has 0 saturated carbocycles. The average Bonchev–Trinajstić information content (AvgIpc) is 2.71. The van der Waals surface area contributed by atoms with Crippen LogP contribution in [-0.4, -0.2) is 30.6 Å². The third-order valence-corrected chi connectivity index (χ3v) is 4.16. The van der Waals surface area contributed by atoms with E-state index in [9.17, 15) is 53.1 Å². The van der Waals surface area contributed by atoms with E-state index in [1.54, 1.807) is 0 Å². The first kappa shape index (κ1) is 26.3. The summed E-state index contributed by atoms with van der Waals surface area (Å²) in [7, 11) is 0. The van der Waals surface area contributed by atoms with E-state index < -0.39 is 35.8 Å². The molecule has 0 unspecified atom stereocenters. The number of hydrogen-bond donors (Lipinski definition) is 0. The Morgan fingerprint density at radius 3 is 1.36 bits per heavy atom. The summed E-state index contributed by atoms with van der Waals surface area (Å²) in [5.74, 6) is -12.9. The van der Waals surface area contributed by atoms with Crippen LogP contribution in [0.2, 0.25) is 0 Å². The number of halogens is 11. The van der Waals surface area contributed by atoms with Crippen LogP contribution in [0, 0.1) is 0 Å². The molecule has 0 aromatic heterocycles. The Morgan fingerprint density at radius 2 is 0.970 bits per heavy atom. The summed E-state index contributed by atoms with van der Waals surface area (Å²) in [6.07, 6.45) is -17.1. The van der Waals surface area contributed by atoms with Crippen LogP contribution in [0.4, 0.5) is 48.3 Å². The fraction of sp³-hybridized carbons (Fsp3) is 0.250. The molecule has 13 heteroatoms. The van der Waals surface area contributed by atoms with Gasteiger partial charge in [-0.3, -0.25) is 4.79 Å². The molecule has 0 heterocycles. The van der Waals surface area contributed by atoms with Crippen molar-refractivity contribution in [1.82, 2.24) is 0 Å². The Hall–Kier alpha value is -2.96. The first-order chi connectivity index (χ1) is 14.9. The zero-order chi connectivity index (χ0) is 25.3. The number of aldehydes is 1. The minimum absolute atomic E-state index is 0.146. The summed E-state index contributed by atoms with van der Waals surface area (Å²) in [6, 6.07) is 8.30. The molecule has 0 saturated heterocycles. The third kappa shape index (κ3) is 5.34. The Labute approximate surface area is 178 Å². The molecule has 180 valence electrons. The summed E-state index contributed by atoms with van der Waals surface area (Å²) in [5, 5.41) is 0. The van der Waals surface area contributed by atoms with Gasteiger partial charge < -0.3 is 0 Å². The van der Waals surface area contributed by atoms with Crippen molar-refractivity contribution < 1.29 is 57.8 Å². The van der Waals surface area contributed by atoms with Crippen LogP contribution < -0.4 is 0 Å². The number of rotatable bonds is 8. The predicted molar refractivity (Wildman–Crippen MR) is 93.1 cm³/mol. The largest absolute Gasteiger partial charge is 0.462 e. The number of hydrogen-bond acceptors (Lipinski definition) is 2. The van der Waals surface area contributed by atoms with Crippen molar-refractivity contribution in [3.63, 3.8) is 0 Å². The zero-order valence-electron chi connectivity index (χ0n) is 15.8. The van der Waals surface area contributed by atoms with Gasteiger partial charge in [-0.2, -0.15) is 48.3 Å². The van der Waals surface area contributed by atoms with Crippen LogP contribution in [0.1, 0.15) is 27.0 Å². The molecule has 0 spiro atoms. The van der Waals surface area contributed by atoms with E-state index in [0.29, 0.717) is 29.5 Å². The average molecular weight is 492 g/mol. The van der Waals surface area contributed by atoms with Gasteiger partial charge in [-0.15, -0.1) is 0 Å². The van der Waals surface area contributed by atoms with E-state index >= 15 is 0 Å². The maximum atomic E-state index is 14.0. The highest BCUT2D eigenvalue weighted by atomic mass is 19.4. The Bertz CT molecular complexity index is 992. The van der Waals surface area contributed by atoms with Gasteiger partial charge >= 0.3 is 30.2 Å². The van der Waals surface area contributed by atoms with Gasteiger partial charge in [0.05, 0.1) is 0 Å². The normalized spacial score (nSPS) is 14.0. The first-order valence-corrected chi connectivity index (χ1v) is 8.56. The topological polar surface area (TPSA) is 26.3 Å². The molecule has 2 nitrogen and oxygen atoms in total. The minimum Gasteiger partial charge on any atom is -0.298 e. The Kier molecular flexibility index (Phi) is 6.98. The molecule has 2 aromatic rings. The second-order valence-corrected chi connectivity index (χ2v) is 6.52. The highest BCUT2D eigenvalue weighted by Gasteiger charge is 2.78. The lowest BCUT2D eigenvalue weighted by atomic mass is 10.0. The summed E-state index contributed by atoms with van der Waals surface area (Å²) in [6.45, 7) is 0. The van der Waals surface area contributed by atoms with Gasteiger partial charge in [-0.1, -0.05) is 60.7 Å². The Balaban J connectivity index is 2.24. The van der Waals surface area contributed by atoms with E-state index in [2.05, 4.69) is 4.74 Å². The number of carbonyl (C=O) groups is 1. The smallest absolute Gasteiger partial charge is 0.298 e. The quantitative estimate of drug-likeness (QED) is 0.222. The van der Waals surface area contributed by atoms with E-state index in [1.165, 1.54) is 36.4 Å². The fourth-order valence-electron chi connectivity index (χ4n) is 2.30. The highest BCUT2D eigenvalue weighted by Crippen LogP contribution is 2.53. The van der Waals surface area contributed by atoms with Crippen LogP contribution in [0.3, 0.4) is 0 Å². The molecule has 0 bridgehead atoms. The lowest BCUT2D eigenvalue weighted by Gasteiger charge is -2.33. The molecule has 2 rings (SSSR count). The summed E-state index contributed by atoms with van der Waals surface area (Å²) in [4.78, 5) is 10.6. The maximum absolute atomic E-state index is 14.0. The van der Waals surface area contributed by atoms with E-state index in [0.717, 1.165) is 12.1 Å². The molecule has 0 aliphatic heterocycles. The maximum Gasteiger partial charge on any atom is 0.462 e. The minimum atomic E-state index is -7.17. The molecule has 0 N–H and O–H groups in total. The summed E-state index contributed by atoms with van der Waals surface area (Å²) in [5.41, 5.74) is -0.610. The van der Waals surface area contributed by atoms with Crippen molar-refractivity contribution in [3.05, 3.63) is 70.8 Å². The van der Waals surface area contributed by atoms with Crippen molar-refractivity contribution in [2.45, 2.75) is 30.2 Å². The van der Waals surface area contributed by atoms with Crippen molar-refractivity contribution >= 4 is 18.4 Å². The van der Waals surface area contributed by atoms with Crippen molar-refractivity contribution in [2.24, 2.45) is 0 Å². The monoisotopic (exact) mass is 492 g/mol. The standard InChI is InChI=1S/C20H11F11O2/c21-16(22,19(28,29)33-20(30,31)17(23,24)18(25,26)27)15-9-7-13(8-10-15)2-1-12-3-5-14(11-32)6-4-12/h1-11H/b2-1+. The molecule has 0 amide bonds. The van der Waals surface area contributed by atoms with Gasteiger partial charge in [0.15, 0.2) is 0 Å². The second kappa shape index (κ2) is 8.76. The van der Waals surface area contributed by atoms with Crippen molar-refractivity contribution in [3.8, 4) is 0 Å². The van der Waals surface area contributed by atoms with Crippen molar-refractivity contribution in [2.75, 3.05) is 0 Å². The molecule has 0 atom stereocenters. The third-order valence-electron chi connectivity index (χ3n) is 4.16. The number of benzene rings is 2.